The van der Waals surface area contributed by atoms with E-state index in [9.17, 15) is 4.79 Å². The van der Waals surface area contributed by atoms with Crippen LogP contribution in [0.3, 0.4) is 0 Å². The zero-order valence-electron chi connectivity index (χ0n) is 11.4. The van der Waals surface area contributed by atoms with Gasteiger partial charge in [0.25, 0.3) is 0 Å². The molecule has 1 aromatic carbocycles. The molecule has 2 unspecified atom stereocenters. The second-order valence-electron chi connectivity index (χ2n) is 4.84. The number of likely N-dealkylation sites (N-methyl/N-ethyl adjacent to an activating group) is 1. The molecule has 0 saturated heterocycles. The van der Waals surface area contributed by atoms with E-state index >= 15 is 0 Å². The molecule has 0 radical (unpaired) electrons. The first-order valence-electron chi connectivity index (χ1n) is 6.24. The molecule has 1 amide bonds. The molecule has 0 aromatic heterocycles. The first-order chi connectivity index (χ1) is 8.52. The van der Waals surface area contributed by atoms with Gasteiger partial charge < -0.3 is 16.0 Å². The summed E-state index contributed by atoms with van der Waals surface area (Å²) < 4.78 is 0. The first-order valence-corrected chi connectivity index (χ1v) is 6.24. The summed E-state index contributed by atoms with van der Waals surface area (Å²) in [6.45, 7) is 3.65. The molecule has 0 spiro atoms. The summed E-state index contributed by atoms with van der Waals surface area (Å²) in [5.41, 5.74) is 6.60. The summed E-state index contributed by atoms with van der Waals surface area (Å²) >= 11 is 0. The Morgan fingerprint density at radius 3 is 2.44 bits per heavy atom. The molecule has 0 aliphatic heterocycles. The van der Waals surface area contributed by atoms with Crippen LogP contribution in [0.15, 0.2) is 30.3 Å². The fourth-order valence-electron chi connectivity index (χ4n) is 1.92. The maximum atomic E-state index is 11.5. The van der Waals surface area contributed by atoms with E-state index in [4.69, 9.17) is 5.73 Å². The SMILES string of the molecule is CC(c1ccccc1)C(NCCN(C)C)C(N)=O. The number of carbonyl (C=O) groups is 1. The minimum absolute atomic E-state index is 0.0749. The van der Waals surface area contributed by atoms with Crippen LogP contribution < -0.4 is 11.1 Å². The molecule has 1 aromatic rings. The summed E-state index contributed by atoms with van der Waals surface area (Å²) in [5.74, 6) is -0.226. The van der Waals surface area contributed by atoms with Crippen molar-refractivity contribution in [3.63, 3.8) is 0 Å². The fourth-order valence-corrected chi connectivity index (χ4v) is 1.92. The molecule has 3 N–H and O–H groups in total. The second-order valence-corrected chi connectivity index (χ2v) is 4.84. The predicted octanol–water partition coefficient (Wildman–Crippen LogP) is 0.795. The van der Waals surface area contributed by atoms with Gasteiger partial charge in [-0.2, -0.15) is 0 Å². The first kappa shape index (κ1) is 14.7. The lowest BCUT2D eigenvalue weighted by Gasteiger charge is -2.23. The van der Waals surface area contributed by atoms with Gasteiger partial charge >= 0.3 is 0 Å². The molecule has 18 heavy (non-hydrogen) atoms. The maximum absolute atomic E-state index is 11.5. The largest absolute Gasteiger partial charge is 0.368 e. The van der Waals surface area contributed by atoms with Gasteiger partial charge in [0.1, 0.15) is 0 Å². The number of nitrogens with zero attached hydrogens (tertiary/aromatic N) is 1. The van der Waals surface area contributed by atoms with Crippen molar-refractivity contribution in [3.05, 3.63) is 35.9 Å². The number of carbonyl (C=O) groups excluding carboxylic acids is 1. The third-order valence-corrected chi connectivity index (χ3v) is 3.06. The minimum atomic E-state index is -0.327. The third-order valence-electron chi connectivity index (χ3n) is 3.06. The predicted molar refractivity (Wildman–Crippen MR) is 74.4 cm³/mol. The van der Waals surface area contributed by atoms with E-state index in [2.05, 4.69) is 10.2 Å². The number of benzene rings is 1. The van der Waals surface area contributed by atoms with Crippen molar-refractivity contribution < 1.29 is 4.79 Å². The van der Waals surface area contributed by atoms with Crippen molar-refractivity contribution in [1.29, 1.82) is 0 Å². The molecule has 1 rings (SSSR count). The Balaban J connectivity index is 2.64. The van der Waals surface area contributed by atoms with Gasteiger partial charge in [-0.1, -0.05) is 37.3 Å². The number of nitrogens with two attached hydrogens (primary N) is 1. The van der Waals surface area contributed by atoms with Crippen molar-refractivity contribution in [2.75, 3.05) is 27.2 Å². The normalized spacial score (nSPS) is 14.4. The molecule has 0 heterocycles. The number of rotatable bonds is 7. The van der Waals surface area contributed by atoms with Crippen molar-refractivity contribution in [2.24, 2.45) is 5.73 Å². The van der Waals surface area contributed by atoms with E-state index in [1.54, 1.807) is 0 Å². The van der Waals surface area contributed by atoms with E-state index in [1.807, 2.05) is 51.4 Å². The Bertz CT molecular complexity index is 365. The average molecular weight is 249 g/mol. The van der Waals surface area contributed by atoms with Crippen LogP contribution in [-0.2, 0) is 4.79 Å². The van der Waals surface area contributed by atoms with Crippen molar-refractivity contribution in [3.8, 4) is 0 Å². The van der Waals surface area contributed by atoms with Gasteiger partial charge in [-0.3, -0.25) is 4.79 Å². The van der Waals surface area contributed by atoms with Gasteiger partial charge in [0.05, 0.1) is 6.04 Å². The lowest BCUT2D eigenvalue weighted by molar-refractivity contribution is -0.120. The van der Waals surface area contributed by atoms with Crippen molar-refractivity contribution in [2.45, 2.75) is 18.9 Å². The molecule has 4 heteroatoms. The standard InChI is InChI=1S/C14H23N3O/c1-11(12-7-5-4-6-8-12)13(14(15)18)16-9-10-17(2)3/h4-8,11,13,16H,9-10H2,1-3H3,(H2,15,18). The van der Waals surface area contributed by atoms with Crippen LogP contribution in [0.4, 0.5) is 0 Å². The Kier molecular flexibility index (Phi) is 5.82. The summed E-state index contributed by atoms with van der Waals surface area (Å²) in [4.78, 5) is 13.6. The van der Waals surface area contributed by atoms with Crippen LogP contribution in [0.1, 0.15) is 18.4 Å². The highest BCUT2D eigenvalue weighted by Gasteiger charge is 2.23. The van der Waals surface area contributed by atoms with E-state index in [0.29, 0.717) is 0 Å². The minimum Gasteiger partial charge on any atom is -0.368 e. The Morgan fingerprint density at radius 2 is 1.94 bits per heavy atom. The average Bonchev–Trinajstić information content (AvgIpc) is 2.34. The van der Waals surface area contributed by atoms with Gasteiger partial charge in [-0.15, -0.1) is 0 Å². The third kappa shape index (κ3) is 4.47. The van der Waals surface area contributed by atoms with Crippen molar-refractivity contribution >= 4 is 5.91 Å². The topological polar surface area (TPSA) is 58.4 Å². The Morgan fingerprint density at radius 1 is 1.33 bits per heavy atom. The molecule has 0 aliphatic carbocycles. The smallest absolute Gasteiger partial charge is 0.235 e. The van der Waals surface area contributed by atoms with Gasteiger partial charge in [0.15, 0.2) is 0 Å². The number of hydrogen-bond acceptors (Lipinski definition) is 3. The number of hydrogen-bond donors (Lipinski definition) is 2. The number of amides is 1. The van der Waals surface area contributed by atoms with Crippen LogP contribution in [0.25, 0.3) is 0 Å². The van der Waals surface area contributed by atoms with E-state index in [-0.39, 0.29) is 17.9 Å². The molecular weight excluding hydrogens is 226 g/mol. The Labute approximate surface area is 109 Å². The van der Waals surface area contributed by atoms with E-state index < -0.39 is 0 Å². The van der Waals surface area contributed by atoms with E-state index in [1.165, 1.54) is 0 Å². The molecule has 0 bridgehead atoms. The zero-order chi connectivity index (χ0) is 13.5. The molecule has 0 fully saturated rings. The van der Waals surface area contributed by atoms with Crippen LogP contribution in [-0.4, -0.2) is 44.0 Å². The second kappa shape index (κ2) is 7.13. The maximum Gasteiger partial charge on any atom is 0.235 e. The van der Waals surface area contributed by atoms with Gasteiger partial charge in [-0.05, 0) is 19.7 Å². The van der Waals surface area contributed by atoms with Gasteiger partial charge in [0.2, 0.25) is 5.91 Å². The summed E-state index contributed by atoms with van der Waals surface area (Å²) in [5, 5.41) is 3.23. The summed E-state index contributed by atoms with van der Waals surface area (Å²) in [6.07, 6.45) is 0. The highest BCUT2D eigenvalue weighted by molar-refractivity contribution is 5.81. The highest BCUT2D eigenvalue weighted by atomic mass is 16.1. The van der Waals surface area contributed by atoms with Crippen LogP contribution >= 0.6 is 0 Å². The number of primary amides is 1. The molecule has 2 atom stereocenters. The van der Waals surface area contributed by atoms with Crippen LogP contribution in [0.2, 0.25) is 0 Å². The lowest BCUT2D eigenvalue weighted by atomic mass is 9.93. The quantitative estimate of drug-likeness (QED) is 0.751. The molecule has 100 valence electrons. The molecule has 4 nitrogen and oxygen atoms in total. The summed E-state index contributed by atoms with van der Waals surface area (Å²) in [6, 6.07) is 9.64. The fraction of sp³-hybridized carbons (Fsp3) is 0.500. The van der Waals surface area contributed by atoms with Gasteiger partial charge in [-0.25, -0.2) is 0 Å². The van der Waals surface area contributed by atoms with Gasteiger partial charge in [0, 0.05) is 19.0 Å². The molecule has 0 aliphatic rings. The monoisotopic (exact) mass is 249 g/mol. The molecule has 0 saturated carbocycles. The summed E-state index contributed by atoms with van der Waals surface area (Å²) in [7, 11) is 4.00. The highest BCUT2D eigenvalue weighted by Crippen LogP contribution is 2.18. The zero-order valence-corrected chi connectivity index (χ0v) is 11.4. The lowest BCUT2D eigenvalue weighted by Crippen LogP contribution is -2.46. The number of nitrogens with one attached hydrogen (secondary N) is 1. The van der Waals surface area contributed by atoms with Crippen LogP contribution in [0.5, 0.6) is 0 Å². The molecular formula is C14H23N3O. The van der Waals surface area contributed by atoms with Crippen molar-refractivity contribution in [1.82, 2.24) is 10.2 Å². The Hall–Kier alpha value is -1.39. The van der Waals surface area contributed by atoms with Crippen LogP contribution in [0, 0.1) is 0 Å². The van der Waals surface area contributed by atoms with E-state index in [0.717, 1.165) is 18.7 Å².